The van der Waals surface area contributed by atoms with E-state index in [9.17, 15) is 27.5 Å². The van der Waals surface area contributed by atoms with Crippen LogP contribution in [0.5, 0.6) is 0 Å². The highest BCUT2D eigenvalue weighted by Crippen LogP contribution is 2.29. The molecule has 7 nitrogen and oxygen atoms in total. The number of piperidine rings is 1. The molecule has 0 atom stereocenters. The fourth-order valence-corrected chi connectivity index (χ4v) is 3.47. The Hall–Kier alpha value is -3.21. The van der Waals surface area contributed by atoms with Gasteiger partial charge in [0, 0.05) is 25.0 Å². The van der Waals surface area contributed by atoms with Crippen molar-refractivity contribution in [2.75, 3.05) is 18.4 Å². The lowest BCUT2D eigenvalue weighted by Gasteiger charge is -2.29. The third-order valence-corrected chi connectivity index (χ3v) is 5.04. The largest absolute Gasteiger partial charge is 0.408 e. The van der Waals surface area contributed by atoms with Gasteiger partial charge in [-0.25, -0.2) is 4.39 Å². The molecule has 0 saturated carbocycles. The smallest absolute Gasteiger partial charge is 0.393 e. The predicted molar refractivity (Wildman–Crippen MR) is 104 cm³/mol. The van der Waals surface area contributed by atoms with Crippen molar-refractivity contribution in [2.45, 2.75) is 31.7 Å². The monoisotopic (exact) mass is 437 g/mol. The van der Waals surface area contributed by atoms with Crippen LogP contribution in [0.2, 0.25) is 0 Å². The van der Waals surface area contributed by atoms with Crippen molar-refractivity contribution in [1.82, 2.24) is 19.7 Å². The number of nitrogens with one attached hydrogen (secondary N) is 1. The Morgan fingerprint density at radius 1 is 1.19 bits per heavy atom. The highest BCUT2D eigenvalue weighted by molar-refractivity contribution is 5.98. The van der Waals surface area contributed by atoms with Crippen LogP contribution in [0.4, 0.5) is 29.1 Å². The summed E-state index contributed by atoms with van der Waals surface area (Å²) >= 11 is 0. The second-order valence-corrected chi connectivity index (χ2v) is 7.36. The van der Waals surface area contributed by atoms with E-state index in [1.54, 1.807) is 0 Å². The first kappa shape index (κ1) is 21.0. The number of benzene rings is 1. The maximum Gasteiger partial charge on any atom is 0.408 e. The summed E-state index contributed by atoms with van der Waals surface area (Å²) in [6.07, 6.45) is -2.82. The molecule has 1 fully saturated rings. The Balaban J connectivity index is 1.69. The molecule has 2 aromatic heterocycles. The number of halogens is 4. The summed E-state index contributed by atoms with van der Waals surface area (Å²) in [7, 11) is 0. The highest BCUT2D eigenvalue weighted by atomic mass is 19.4. The van der Waals surface area contributed by atoms with Crippen LogP contribution in [0.3, 0.4) is 0 Å². The number of amides is 1. The molecule has 0 aliphatic carbocycles. The van der Waals surface area contributed by atoms with Gasteiger partial charge in [-0.05, 0) is 43.2 Å². The van der Waals surface area contributed by atoms with Gasteiger partial charge in [0.25, 0.3) is 5.91 Å². The molecule has 0 bridgehead atoms. The first-order chi connectivity index (χ1) is 14.7. The van der Waals surface area contributed by atoms with E-state index < -0.39 is 30.5 Å². The number of aliphatic hydroxyl groups excluding tert-OH is 1. The lowest BCUT2D eigenvalue weighted by molar-refractivity contribution is -0.141. The molecule has 1 aromatic carbocycles. The second kappa shape index (κ2) is 8.14. The number of rotatable bonds is 4. The van der Waals surface area contributed by atoms with E-state index in [4.69, 9.17) is 0 Å². The van der Waals surface area contributed by atoms with Crippen molar-refractivity contribution >= 4 is 28.3 Å². The lowest BCUT2D eigenvalue weighted by atomic mass is 10.1. The molecule has 1 aliphatic rings. The van der Waals surface area contributed by atoms with Gasteiger partial charge in [-0.15, -0.1) is 0 Å². The number of nitrogens with zero attached hydrogens (tertiary/aromatic N) is 4. The molecule has 0 spiro atoms. The summed E-state index contributed by atoms with van der Waals surface area (Å²) in [5.41, 5.74) is 0.532. The van der Waals surface area contributed by atoms with Crippen molar-refractivity contribution in [3.05, 3.63) is 48.0 Å². The first-order valence-corrected chi connectivity index (χ1v) is 9.63. The number of carbonyl (C=O) groups is 1. The lowest BCUT2D eigenvalue weighted by Crippen LogP contribution is -2.40. The normalized spacial score (nSPS) is 15.5. The fraction of sp³-hybridized carbons (Fsp3) is 0.350. The van der Waals surface area contributed by atoms with Crippen molar-refractivity contribution in [2.24, 2.45) is 0 Å². The minimum Gasteiger partial charge on any atom is -0.393 e. The topological polar surface area (TPSA) is 83.3 Å². The van der Waals surface area contributed by atoms with E-state index in [0.717, 1.165) is 4.68 Å². The zero-order chi connectivity index (χ0) is 22.2. The number of aromatic nitrogens is 3. The molecule has 4 rings (SSSR count). The highest BCUT2D eigenvalue weighted by Gasteiger charge is 2.31. The van der Waals surface area contributed by atoms with Crippen LogP contribution in [0.1, 0.15) is 23.3 Å². The van der Waals surface area contributed by atoms with Crippen LogP contribution in [0, 0.1) is 5.82 Å². The van der Waals surface area contributed by atoms with Gasteiger partial charge in [0.05, 0.1) is 17.0 Å². The Morgan fingerprint density at radius 2 is 1.87 bits per heavy atom. The predicted octanol–water partition coefficient (Wildman–Crippen LogP) is 3.47. The quantitative estimate of drug-likeness (QED) is 0.611. The zero-order valence-corrected chi connectivity index (χ0v) is 16.2. The van der Waals surface area contributed by atoms with Crippen LogP contribution < -0.4 is 5.32 Å². The number of carbonyl (C=O) groups excluding carboxylic acids is 1. The van der Waals surface area contributed by atoms with E-state index in [0.29, 0.717) is 37.0 Å². The number of alkyl halides is 3. The van der Waals surface area contributed by atoms with Gasteiger partial charge in [0.2, 0.25) is 0 Å². The van der Waals surface area contributed by atoms with Gasteiger partial charge in [0.15, 0.2) is 5.82 Å². The van der Waals surface area contributed by atoms with Crippen molar-refractivity contribution < 1.29 is 27.5 Å². The van der Waals surface area contributed by atoms with Crippen LogP contribution in [-0.4, -0.2) is 56.0 Å². The molecular weight excluding hydrogens is 418 g/mol. The first-order valence-electron chi connectivity index (χ1n) is 9.63. The van der Waals surface area contributed by atoms with Crippen LogP contribution in [-0.2, 0) is 6.54 Å². The zero-order valence-electron chi connectivity index (χ0n) is 16.2. The molecule has 11 heteroatoms. The number of anilines is 2. The van der Waals surface area contributed by atoms with Crippen molar-refractivity contribution in [3.8, 4) is 0 Å². The molecule has 3 aromatic rings. The van der Waals surface area contributed by atoms with Crippen molar-refractivity contribution in [1.29, 1.82) is 0 Å². The average molecular weight is 437 g/mol. The summed E-state index contributed by atoms with van der Waals surface area (Å²) in [5, 5.41) is 16.8. The molecule has 1 aliphatic heterocycles. The molecule has 1 amide bonds. The molecule has 164 valence electrons. The Labute approximate surface area is 174 Å². The maximum absolute atomic E-state index is 13.1. The minimum absolute atomic E-state index is 0.000506. The third kappa shape index (κ3) is 4.76. The molecular formula is C20H19F4N5O2. The number of fused-ring (bicyclic) bond motifs is 1. The number of hydrogen-bond acceptors (Lipinski definition) is 5. The van der Waals surface area contributed by atoms with E-state index in [2.05, 4.69) is 15.4 Å². The molecule has 0 radical (unpaired) electrons. The SMILES string of the molecule is O=C(c1cc2c(cn1)c(Nc1ccc(F)cc1)nn2CC(F)(F)F)N1CCC(O)CC1. The summed E-state index contributed by atoms with van der Waals surface area (Å²) < 4.78 is 53.2. The van der Waals surface area contributed by atoms with E-state index in [1.807, 2.05) is 0 Å². The minimum atomic E-state index is -4.53. The number of pyridine rings is 1. The molecule has 0 unspecified atom stereocenters. The summed E-state index contributed by atoms with van der Waals surface area (Å²) in [5.74, 6) is -0.756. The Kier molecular flexibility index (Phi) is 5.52. The number of likely N-dealkylation sites (tertiary alicyclic amines) is 1. The summed E-state index contributed by atoms with van der Waals surface area (Å²) in [4.78, 5) is 18.4. The number of aliphatic hydroxyl groups is 1. The Bertz CT molecular complexity index is 1090. The molecule has 31 heavy (non-hydrogen) atoms. The van der Waals surface area contributed by atoms with Gasteiger partial charge in [-0.3, -0.25) is 14.5 Å². The Morgan fingerprint density at radius 3 is 2.52 bits per heavy atom. The summed E-state index contributed by atoms with van der Waals surface area (Å²) in [6, 6.07) is 6.57. The molecule has 3 heterocycles. The van der Waals surface area contributed by atoms with Crippen molar-refractivity contribution in [3.63, 3.8) is 0 Å². The van der Waals surface area contributed by atoms with Crippen LogP contribution in [0.25, 0.3) is 10.9 Å². The fourth-order valence-electron chi connectivity index (χ4n) is 3.47. The van der Waals surface area contributed by atoms with Gasteiger partial charge < -0.3 is 15.3 Å². The van der Waals surface area contributed by atoms with E-state index >= 15 is 0 Å². The van der Waals surface area contributed by atoms with E-state index in [-0.39, 0.29) is 17.0 Å². The van der Waals surface area contributed by atoms with Crippen LogP contribution in [0.15, 0.2) is 36.5 Å². The summed E-state index contributed by atoms with van der Waals surface area (Å²) in [6.45, 7) is -0.653. The van der Waals surface area contributed by atoms with Gasteiger partial charge in [-0.2, -0.15) is 18.3 Å². The molecule has 1 saturated heterocycles. The van der Waals surface area contributed by atoms with Gasteiger partial charge in [-0.1, -0.05) is 0 Å². The number of hydrogen-bond donors (Lipinski definition) is 2. The average Bonchev–Trinajstić information content (AvgIpc) is 3.04. The van der Waals surface area contributed by atoms with E-state index in [1.165, 1.54) is 41.4 Å². The van der Waals surface area contributed by atoms with Crippen LogP contribution >= 0.6 is 0 Å². The van der Waals surface area contributed by atoms with Gasteiger partial charge >= 0.3 is 6.18 Å². The second-order valence-electron chi connectivity index (χ2n) is 7.36. The maximum atomic E-state index is 13.1. The molecule has 2 N–H and O–H groups in total. The third-order valence-electron chi connectivity index (χ3n) is 5.04. The standard InChI is InChI=1S/C20H19F4N5O2/c21-12-1-3-13(4-2-12)26-18-15-10-25-16(19(31)28-7-5-14(30)6-8-28)9-17(15)29(27-18)11-20(22,23)24/h1-4,9-10,14,30H,5-8,11H2,(H,26,27). The van der Waals surface area contributed by atoms with Gasteiger partial charge in [0.1, 0.15) is 18.1 Å².